The van der Waals surface area contributed by atoms with E-state index in [2.05, 4.69) is 39.3 Å². The van der Waals surface area contributed by atoms with Crippen LogP contribution in [0.25, 0.3) is 0 Å². The molecule has 1 saturated heterocycles. The summed E-state index contributed by atoms with van der Waals surface area (Å²) in [6.07, 6.45) is 1.01. The first kappa shape index (κ1) is 24.1. The maximum atomic E-state index is 13.1. The number of nitrogens with one attached hydrogen (secondary N) is 1. The van der Waals surface area contributed by atoms with E-state index in [1.165, 1.54) is 17.7 Å². The number of carbonyl (C=O) groups is 1. The second-order valence-corrected chi connectivity index (χ2v) is 9.10. The minimum atomic E-state index is -0.203. The second-order valence-electron chi connectivity index (χ2n) is 9.10. The Labute approximate surface area is 201 Å². The molecule has 1 fully saturated rings. The molecule has 7 heteroatoms. The first-order valence-electron chi connectivity index (χ1n) is 12.0. The summed E-state index contributed by atoms with van der Waals surface area (Å²) in [6, 6.07) is 17.0. The molecule has 6 nitrogen and oxygen atoms in total. The van der Waals surface area contributed by atoms with Crippen LogP contribution in [-0.2, 0) is 24.4 Å². The van der Waals surface area contributed by atoms with Crippen molar-refractivity contribution in [3.63, 3.8) is 0 Å². The molecule has 2 heterocycles. The highest BCUT2D eigenvalue weighted by Crippen LogP contribution is 2.15. The summed E-state index contributed by atoms with van der Waals surface area (Å²) in [7, 11) is 0. The van der Waals surface area contributed by atoms with Gasteiger partial charge in [-0.25, -0.2) is 4.39 Å². The predicted octanol–water partition coefficient (Wildman–Crippen LogP) is 3.51. The van der Waals surface area contributed by atoms with Gasteiger partial charge in [-0.2, -0.15) is 5.10 Å². The third-order valence-corrected chi connectivity index (χ3v) is 6.54. The maximum absolute atomic E-state index is 13.1. The van der Waals surface area contributed by atoms with Gasteiger partial charge in [0, 0.05) is 37.4 Å². The molecule has 1 aliphatic rings. The third kappa shape index (κ3) is 6.52. The van der Waals surface area contributed by atoms with Crippen LogP contribution in [0.3, 0.4) is 0 Å². The van der Waals surface area contributed by atoms with Crippen LogP contribution in [0.2, 0.25) is 0 Å². The number of hydrogen-bond donors (Lipinski definition) is 1. The van der Waals surface area contributed by atoms with Crippen LogP contribution in [0.5, 0.6) is 0 Å². The lowest BCUT2D eigenvalue weighted by molar-refractivity contribution is -0.122. The monoisotopic (exact) mass is 463 g/mol. The molecule has 1 aliphatic heterocycles. The van der Waals surface area contributed by atoms with E-state index in [1.54, 1.807) is 0 Å². The highest BCUT2D eigenvalue weighted by atomic mass is 19.1. The molecule has 2 aromatic carbocycles. The van der Waals surface area contributed by atoms with Crippen molar-refractivity contribution < 1.29 is 9.18 Å². The normalized spacial score (nSPS) is 15.3. The fraction of sp³-hybridized carbons (Fsp3) is 0.407. The first-order valence-corrected chi connectivity index (χ1v) is 12.0. The smallest absolute Gasteiger partial charge is 0.234 e. The van der Waals surface area contributed by atoms with Gasteiger partial charge in [-0.15, -0.1) is 0 Å². The van der Waals surface area contributed by atoms with Gasteiger partial charge in [-0.05, 0) is 56.6 Å². The van der Waals surface area contributed by atoms with Crippen molar-refractivity contribution in [2.24, 2.45) is 0 Å². The Bertz CT molecular complexity index is 1080. The summed E-state index contributed by atoms with van der Waals surface area (Å²) in [5.41, 5.74) is 5.46. The fourth-order valence-electron chi connectivity index (χ4n) is 4.53. The average molecular weight is 464 g/mol. The number of amides is 1. The molecule has 0 aliphatic carbocycles. The Morgan fingerprint density at radius 2 is 1.59 bits per heavy atom. The van der Waals surface area contributed by atoms with Crippen molar-refractivity contribution in [2.45, 2.75) is 39.9 Å². The van der Waals surface area contributed by atoms with E-state index in [0.717, 1.165) is 68.2 Å². The van der Waals surface area contributed by atoms with Gasteiger partial charge in [0.05, 0.1) is 18.8 Å². The van der Waals surface area contributed by atoms with Crippen molar-refractivity contribution in [3.8, 4) is 0 Å². The molecule has 180 valence electrons. The summed E-state index contributed by atoms with van der Waals surface area (Å²) in [5, 5.41) is 7.79. The molecule has 1 N–H and O–H groups in total. The number of carbonyl (C=O) groups excluding carboxylic acids is 1. The largest absolute Gasteiger partial charge is 0.351 e. The van der Waals surface area contributed by atoms with Crippen LogP contribution in [-0.4, -0.2) is 58.2 Å². The molecule has 4 rings (SSSR count). The Morgan fingerprint density at radius 3 is 2.35 bits per heavy atom. The van der Waals surface area contributed by atoms with Crippen LogP contribution in [0.4, 0.5) is 4.39 Å². The van der Waals surface area contributed by atoms with E-state index in [0.29, 0.717) is 13.1 Å². The third-order valence-electron chi connectivity index (χ3n) is 6.54. The molecule has 3 aromatic rings. The van der Waals surface area contributed by atoms with Gasteiger partial charge in [0.15, 0.2) is 0 Å². The van der Waals surface area contributed by atoms with Gasteiger partial charge in [-0.1, -0.05) is 42.5 Å². The van der Waals surface area contributed by atoms with Crippen LogP contribution < -0.4 is 5.32 Å². The van der Waals surface area contributed by atoms with Crippen molar-refractivity contribution in [2.75, 3.05) is 32.7 Å². The molecule has 0 bridgehead atoms. The second kappa shape index (κ2) is 11.4. The lowest BCUT2D eigenvalue weighted by Crippen LogP contribution is -2.39. The number of halogens is 1. The van der Waals surface area contributed by atoms with Gasteiger partial charge >= 0.3 is 0 Å². The number of hydrogen-bond acceptors (Lipinski definition) is 4. The minimum Gasteiger partial charge on any atom is -0.351 e. The Hall–Kier alpha value is -3.03. The molecule has 34 heavy (non-hydrogen) atoms. The quantitative estimate of drug-likeness (QED) is 0.556. The summed E-state index contributed by atoms with van der Waals surface area (Å²) < 4.78 is 15.2. The summed E-state index contributed by atoms with van der Waals surface area (Å²) in [5.74, 6) is -0.160. The zero-order chi connectivity index (χ0) is 23.9. The van der Waals surface area contributed by atoms with Crippen LogP contribution in [0, 0.1) is 19.7 Å². The van der Waals surface area contributed by atoms with Gasteiger partial charge in [0.1, 0.15) is 5.82 Å². The molecule has 0 saturated carbocycles. The summed E-state index contributed by atoms with van der Waals surface area (Å²) in [6.45, 7) is 10.1. The molecular formula is C27H34FN5O. The number of aryl methyl sites for hydroxylation is 1. The summed E-state index contributed by atoms with van der Waals surface area (Å²) >= 11 is 0. The minimum absolute atomic E-state index is 0.0431. The standard InChI is InChI=1S/C27H34FN5O/c1-21-26(22(2)33(30-21)19-23-7-4-3-5-8-23)17-29-27(34)20-32-14-6-13-31(15-16-32)18-24-9-11-25(28)12-10-24/h3-5,7-12H,6,13-20H2,1-2H3,(H,29,34). The lowest BCUT2D eigenvalue weighted by Gasteiger charge is -2.21. The molecule has 0 atom stereocenters. The van der Waals surface area contributed by atoms with E-state index in [1.807, 2.05) is 41.9 Å². The Balaban J connectivity index is 1.25. The lowest BCUT2D eigenvalue weighted by atomic mass is 10.2. The van der Waals surface area contributed by atoms with Crippen molar-refractivity contribution >= 4 is 5.91 Å². The Morgan fingerprint density at radius 1 is 0.912 bits per heavy atom. The molecular weight excluding hydrogens is 429 g/mol. The van der Waals surface area contributed by atoms with Crippen LogP contribution >= 0.6 is 0 Å². The van der Waals surface area contributed by atoms with Gasteiger partial charge in [-0.3, -0.25) is 19.3 Å². The van der Waals surface area contributed by atoms with Gasteiger partial charge < -0.3 is 5.32 Å². The van der Waals surface area contributed by atoms with Gasteiger partial charge in [0.2, 0.25) is 5.91 Å². The highest BCUT2D eigenvalue weighted by Gasteiger charge is 2.18. The first-order chi connectivity index (χ1) is 16.5. The number of benzene rings is 2. The average Bonchev–Trinajstić information content (AvgIpc) is 2.96. The molecule has 0 radical (unpaired) electrons. The van der Waals surface area contributed by atoms with E-state index >= 15 is 0 Å². The van der Waals surface area contributed by atoms with Crippen molar-refractivity contribution in [3.05, 3.63) is 88.5 Å². The SMILES string of the molecule is Cc1nn(Cc2ccccc2)c(C)c1CNC(=O)CN1CCCN(Cc2ccc(F)cc2)CC1. The number of aromatic nitrogens is 2. The fourth-order valence-corrected chi connectivity index (χ4v) is 4.53. The molecule has 1 aromatic heterocycles. The summed E-state index contributed by atoms with van der Waals surface area (Å²) in [4.78, 5) is 17.3. The highest BCUT2D eigenvalue weighted by molar-refractivity contribution is 5.78. The predicted molar refractivity (Wildman–Crippen MR) is 132 cm³/mol. The van der Waals surface area contributed by atoms with E-state index in [4.69, 9.17) is 0 Å². The zero-order valence-electron chi connectivity index (χ0n) is 20.1. The molecule has 0 spiro atoms. The van der Waals surface area contributed by atoms with Crippen molar-refractivity contribution in [1.29, 1.82) is 0 Å². The van der Waals surface area contributed by atoms with Gasteiger partial charge in [0.25, 0.3) is 0 Å². The molecule has 1 amide bonds. The molecule has 0 unspecified atom stereocenters. The van der Waals surface area contributed by atoms with E-state index in [-0.39, 0.29) is 11.7 Å². The van der Waals surface area contributed by atoms with Crippen LogP contribution in [0.1, 0.15) is 34.5 Å². The maximum Gasteiger partial charge on any atom is 0.234 e. The number of rotatable bonds is 8. The topological polar surface area (TPSA) is 53.4 Å². The van der Waals surface area contributed by atoms with E-state index < -0.39 is 0 Å². The van der Waals surface area contributed by atoms with Crippen molar-refractivity contribution in [1.82, 2.24) is 24.9 Å². The Kier molecular flexibility index (Phi) is 8.08. The van der Waals surface area contributed by atoms with E-state index in [9.17, 15) is 9.18 Å². The number of nitrogens with zero attached hydrogens (tertiary/aromatic N) is 4. The zero-order valence-corrected chi connectivity index (χ0v) is 20.1. The van der Waals surface area contributed by atoms with Crippen LogP contribution in [0.15, 0.2) is 54.6 Å².